The predicted octanol–water partition coefficient (Wildman–Crippen LogP) is 2.95. The van der Waals surface area contributed by atoms with Crippen molar-refractivity contribution in [2.24, 2.45) is 7.05 Å². The maximum atomic E-state index is 13.0. The summed E-state index contributed by atoms with van der Waals surface area (Å²) in [5, 5.41) is 25.6. The molecule has 10 heteroatoms. The maximum absolute atomic E-state index is 13.0. The number of hydrogen-bond acceptors (Lipinski definition) is 8. The third-order valence-electron chi connectivity index (χ3n) is 6.47. The lowest BCUT2D eigenvalue weighted by Gasteiger charge is -2.32. The van der Waals surface area contributed by atoms with Crippen LogP contribution in [0.3, 0.4) is 0 Å². The molecule has 0 saturated heterocycles. The number of amides is 1. The van der Waals surface area contributed by atoms with Crippen LogP contribution in [0, 0.1) is 11.3 Å². The van der Waals surface area contributed by atoms with Gasteiger partial charge in [0.2, 0.25) is 0 Å². The Labute approximate surface area is 229 Å². The zero-order valence-electron chi connectivity index (χ0n) is 23.0. The zero-order chi connectivity index (χ0) is 27.9. The number of aliphatic hydroxyl groups is 1. The number of rotatable bonds is 15. The van der Waals surface area contributed by atoms with Gasteiger partial charge in [0.1, 0.15) is 5.69 Å². The molecule has 1 saturated carbocycles. The van der Waals surface area contributed by atoms with Crippen molar-refractivity contribution in [1.82, 2.24) is 20.0 Å². The number of carbonyl (C=O) groups excluding carboxylic acids is 2. The third kappa shape index (κ3) is 8.40. The molecular weight excluding hydrogens is 502 g/mol. The van der Waals surface area contributed by atoms with Crippen molar-refractivity contribution in [3.8, 4) is 6.07 Å². The topological polar surface area (TPSA) is 120 Å². The van der Waals surface area contributed by atoms with Gasteiger partial charge in [-0.1, -0.05) is 12.1 Å². The Bertz CT molecular complexity index is 1150. The van der Waals surface area contributed by atoms with Crippen LogP contribution in [0.25, 0.3) is 0 Å². The second-order valence-corrected chi connectivity index (χ2v) is 13.0. The molecular formula is C28H39N5O4S. The van der Waals surface area contributed by atoms with Gasteiger partial charge < -0.3 is 20.1 Å². The second kappa shape index (κ2) is 12.9. The smallest absolute Gasteiger partial charge is 0.272 e. The predicted molar refractivity (Wildman–Crippen MR) is 148 cm³/mol. The van der Waals surface area contributed by atoms with E-state index in [1.807, 2.05) is 11.8 Å². The van der Waals surface area contributed by atoms with E-state index in [9.17, 15) is 14.7 Å². The quantitative estimate of drug-likeness (QED) is 0.330. The number of aromatic nitrogens is 2. The van der Waals surface area contributed by atoms with Crippen LogP contribution in [-0.4, -0.2) is 80.9 Å². The van der Waals surface area contributed by atoms with Crippen LogP contribution < -0.4 is 5.32 Å². The van der Waals surface area contributed by atoms with E-state index >= 15 is 0 Å². The number of thioether (sulfide) groups is 1. The molecule has 0 radical (unpaired) electrons. The molecule has 1 fully saturated rings. The van der Waals surface area contributed by atoms with E-state index in [1.165, 1.54) is 4.68 Å². The van der Waals surface area contributed by atoms with E-state index < -0.39 is 6.10 Å². The summed E-state index contributed by atoms with van der Waals surface area (Å²) >= 11 is 1.94. The van der Waals surface area contributed by atoms with Gasteiger partial charge in [-0.05, 0) is 64.8 Å². The van der Waals surface area contributed by atoms with Gasteiger partial charge in [-0.2, -0.15) is 10.4 Å². The Hall–Kier alpha value is -2.71. The number of nitrogens with zero attached hydrogens (tertiary/aromatic N) is 4. The van der Waals surface area contributed by atoms with Gasteiger partial charge >= 0.3 is 0 Å². The van der Waals surface area contributed by atoms with Crippen LogP contribution in [-0.2, 0) is 24.8 Å². The Morgan fingerprint density at radius 2 is 2.08 bits per heavy atom. The number of likely N-dealkylation sites (N-methyl/N-ethyl adjacent to an activating group) is 1. The molecule has 1 aromatic heterocycles. The Balaban J connectivity index is 1.59. The fraction of sp³-hybridized carbons (Fsp3) is 0.571. The van der Waals surface area contributed by atoms with E-state index in [0.29, 0.717) is 49.5 Å². The number of aryl methyl sites for hydroxylation is 1. The lowest BCUT2D eigenvalue weighted by atomic mass is 10.1. The third-order valence-corrected chi connectivity index (χ3v) is 8.11. The first-order valence-corrected chi connectivity index (χ1v) is 13.7. The van der Waals surface area contributed by atoms with Gasteiger partial charge in [-0.15, -0.1) is 11.8 Å². The summed E-state index contributed by atoms with van der Waals surface area (Å²) in [7, 11) is 3.74. The lowest BCUT2D eigenvalue weighted by Crippen LogP contribution is -2.35. The average Bonchev–Trinajstić information content (AvgIpc) is 3.51. The van der Waals surface area contributed by atoms with Crippen molar-refractivity contribution >= 4 is 24.0 Å². The first-order chi connectivity index (χ1) is 18.0. The fourth-order valence-corrected chi connectivity index (χ4v) is 6.42. The minimum Gasteiger partial charge on any atom is -0.391 e. The summed E-state index contributed by atoms with van der Waals surface area (Å²) in [5.74, 6) is -0.330. The van der Waals surface area contributed by atoms with Crippen LogP contribution in [0.15, 0.2) is 24.3 Å². The maximum Gasteiger partial charge on any atom is 0.272 e. The number of ether oxygens (including phenoxy) is 1. The highest BCUT2D eigenvalue weighted by Crippen LogP contribution is 2.53. The molecule has 1 aliphatic carbocycles. The molecule has 1 aliphatic rings. The number of benzene rings is 1. The normalized spacial score (nSPS) is 15.2. The molecule has 0 aliphatic heterocycles. The van der Waals surface area contributed by atoms with Gasteiger partial charge in [0, 0.05) is 41.7 Å². The monoisotopic (exact) mass is 541 g/mol. The van der Waals surface area contributed by atoms with Crippen molar-refractivity contribution < 1.29 is 19.4 Å². The van der Waals surface area contributed by atoms with Crippen LogP contribution in [0.4, 0.5) is 0 Å². The lowest BCUT2D eigenvalue weighted by molar-refractivity contribution is 0.0392. The molecule has 206 valence electrons. The fourth-order valence-electron chi connectivity index (χ4n) is 4.52. The zero-order valence-corrected chi connectivity index (χ0v) is 23.8. The highest BCUT2D eigenvalue weighted by atomic mass is 32.2. The molecule has 3 rings (SSSR count). The van der Waals surface area contributed by atoms with Crippen LogP contribution >= 0.6 is 11.8 Å². The molecule has 2 N–H and O–H groups in total. The van der Waals surface area contributed by atoms with Gasteiger partial charge in [-0.3, -0.25) is 14.3 Å². The summed E-state index contributed by atoms with van der Waals surface area (Å²) in [6.07, 6.45) is 3.09. The number of hydrogen-bond donors (Lipinski definition) is 2. The summed E-state index contributed by atoms with van der Waals surface area (Å²) in [6.45, 7) is 8.87. The van der Waals surface area contributed by atoms with E-state index in [0.717, 1.165) is 31.2 Å². The number of aldehydes is 1. The summed E-state index contributed by atoms with van der Waals surface area (Å²) in [4.78, 5) is 27.1. The highest BCUT2D eigenvalue weighted by molar-refractivity contribution is 8.02. The molecule has 38 heavy (non-hydrogen) atoms. The van der Waals surface area contributed by atoms with E-state index in [2.05, 4.69) is 42.3 Å². The van der Waals surface area contributed by atoms with Crippen molar-refractivity contribution in [3.63, 3.8) is 0 Å². The number of aliphatic hydroxyl groups excluding tert-OH is 1. The molecule has 0 bridgehead atoms. The van der Waals surface area contributed by atoms with Gasteiger partial charge in [0.15, 0.2) is 12.0 Å². The number of nitriles is 1. The Morgan fingerprint density at radius 1 is 1.39 bits per heavy atom. The second-order valence-electron chi connectivity index (χ2n) is 10.8. The van der Waals surface area contributed by atoms with E-state index in [-0.39, 0.29) is 21.1 Å². The molecule has 1 amide bonds. The van der Waals surface area contributed by atoms with Crippen molar-refractivity contribution in [1.29, 1.82) is 5.26 Å². The standard InChI is InChI=1S/C28H39N5O4S/c1-20(35)17-37-19-27(2,3)38-28(11-12-28)18-32(4)13-10-23-24(16-34)33(5)31-25(23)26(36)30-15-22-8-6-21(14-29)7-9-22/h6-9,16,20,35H,10-13,15,17-19H2,1-5H3,(H,30,36). The molecule has 1 heterocycles. The van der Waals surface area contributed by atoms with Gasteiger partial charge in [-0.25, -0.2) is 0 Å². The molecule has 9 nitrogen and oxygen atoms in total. The molecule has 1 aromatic carbocycles. The SMILES string of the molecule is CC(O)COCC(C)(C)SC1(CN(C)CCc2c(C(=O)NCc3ccc(C#N)cc3)nn(C)c2C=O)CC1. The summed E-state index contributed by atoms with van der Waals surface area (Å²) in [5.41, 5.74) is 2.76. The Kier molecular flexibility index (Phi) is 10.1. The minimum absolute atomic E-state index is 0.0690. The van der Waals surface area contributed by atoms with Gasteiger partial charge in [0.25, 0.3) is 5.91 Å². The molecule has 2 aromatic rings. The highest BCUT2D eigenvalue weighted by Gasteiger charge is 2.47. The van der Waals surface area contributed by atoms with Crippen molar-refractivity contribution in [3.05, 3.63) is 52.3 Å². The van der Waals surface area contributed by atoms with Crippen LogP contribution in [0.2, 0.25) is 0 Å². The average molecular weight is 542 g/mol. The molecule has 0 spiro atoms. The first-order valence-electron chi connectivity index (χ1n) is 12.9. The van der Waals surface area contributed by atoms with E-state index in [4.69, 9.17) is 10.00 Å². The molecule has 1 unspecified atom stereocenters. The van der Waals surface area contributed by atoms with Crippen LogP contribution in [0.1, 0.15) is 71.3 Å². The summed E-state index contributed by atoms with van der Waals surface area (Å²) in [6, 6.07) is 9.10. The largest absolute Gasteiger partial charge is 0.391 e. The van der Waals surface area contributed by atoms with Crippen molar-refractivity contribution in [2.45, 2.75) is 62.2 Å². The number of carbonyl (C=O) groups is 2. The van der Waals surface area contributed by atoms with E-state index in [1.54, 1.807) is 38.2 Å². The first kappa shape index (κ1) is 29.8. The summed E-state index contributed by atoms with van der Waals surface area (Å²) < 4.78 is 7.25. The van der Waals surface area contributed by atoms with Crippen LogP contribution in [0.5, 0.6) is 0 Å². The van der Waals surface area contributed by atoms with Gasteiger partial charge in [0.05, 0.1) is 31.0 Å². The minimum atomic E-state index is -0.469. The molecule has 1 atom stereocenters. The Morgan fingerprint density at radius 3 is 2.66 bits per heavy atom. The van der Waals surface area contributed by atoms with Crippen molar-refractivity contribution in [2.75, 3.05) is 33.4 Å². The number of nitrogens with one attached hydrogen (secondary N) is 1.